The van der Waals surface area contributed by atoms with Crippen LogP contribution in [0.5, 0.6) is 0 Å². The zero-order valence-corrected chi connectivity index (χ0v) is 15.5. The van der Waals surface area contributed by atoms with Gasteiger partial charge in [-0.1, -0.05) is 12.1 Å². The summed E-state index contributed by atoms with van der Waals surface area (Å²) in [5.41, 5.74) is 5.84. The minimum atomic E-state index is -0.0479. The first-order valence-electron chi connectivity index (χ1n) is 9.11. The summed E-state index contributed by atoms with van der Waals surface area (Å²) in [6.45, 7) is 9.18. The molecule has 1 N–H and O–H groups in total. The molecule has 0 spiro atoms. The van der Waals surface area contributed by atoms with Crippen molar-refractivity contribution in [3.05, 3.63) is 64.1 Å². The number of fused-ring (bicyclic) bond motifs is 1. The molecule has 134 valence electrons. The number of hydrogen-bond acceptors (Lipinski definition) is 4. The fourth-order valence-electron chi connectivity index (χ4n) is 3.49. The molecule has 1 atom stereocenters. The van der Waals surface area contributed by atoms with Gasteiger partial charge in [-0.3, -0.25) is 9.20 Å². The molecule has 0 amide bonds. The molecule has 26 heavy (non-hydrogen) atoms. The van der Waals surface area contributed by atoms with E-state index >= 15 is 0 Å². The van der Waals surface area contributed by atoms with Crippen molar-refractivity contribution < 1.29 is 0 Å². The van der Waals surface area contributed by atoms with Crippen LogP contribution in [0.4, 0.5) is 5.69 Å². The third-order valence-corrected chi connectivity index (χ3v) is 5.18. The SMILES string of the molecule is Cc1ccc(-c2cc(=O)n3cc(N4CCN[C@@H](C)C4)ccc3n2)cc1C. The van der Waals surface area contributed by atoms with E-state index in [0.29, 0.717) is 11.7 Å². The summed E-state index contributed by atoms with van der Waals surface area (Å²) in [5.74, 6) is 0. The molecule has 1 saturated heterocycles. The van der Waals surface area contributed by atoms with Crippen molar-refractivity contribution in [1.82, 2.24) is 14.7 Å². The molecule has 2 aromatic heterocycles. The van der Waals surface area contributed by atoms with Gasteiger partial charge in [0.05, 0.1) is 11.4 Å². The van der Waals surface area contributed by atoms with Gasteiger partial charge in [-0.15, -0.1) is 0 Å². The predicted octanol–water partition coefficient (Wildman–Crippen LogP) is 2.78. The lowest BCUT2D eigenvalue weighted by molar-refractivity contribution is 0.484. The van der Waals surface area contributed by atoms with Crippen molar-refractivity contribution >= 4 is 11.3 Å². The maximum Gasteiger partial charge on any atom is 0.258 e. The van der Waals surface area contributed by atoms with Crippen LogP contribution in [0.25, 0.3) is 16.9 Å². The first kappa shape index (κ1) is 16.8. The summed E-state index contributed by atoms with van der Waals surface area (Å²) in [6, 6.07) is 12.3. The molecule has 0 saturated carbocycles. The van der Waals surface area contributed by atoms with Crippen molar-refractivity contribution in [3.63, 3.8) is 0 Å². The van der Waals surface area contributed by atoms with Gasteiger partial charge in [0.1, 0.15) is 5.65 Å². The summed E-state index contributed by atoms with van der Waals surface area (Å²) < 4.78 is 1.65. The van der Waals surface area contributed by atoms with Crippen molar-refractivity contribution in [2.24, 2.45) is 0 Å². The third kappa shape index (κ3) is 3.10. The molecule has 5 nitrogen and oxygen atoms in total. The Morgan fingerprint density at radius 2 is 1.96 bits per heavy atom. The topological polar surface area (TPSA) is 49.6 Å². The highest BCUT2D eigenvalue weighted by Crippen LogP contribution is 2.21. The van der Waals surface area contributed by atoms with E-state index in [1.807, 2.05) is 18.3 Å². The van der Waals surface area contributed by atoms with Crippen LogP contribution in [0, 0.1) is 13.8 Å². The Hall–Kier alpha value is -2.66. The monoisotopic (exact) mass is 348 g/mol. The normalized spacial score (nSPS) is 17.7. The highest BCUT2D eigenvalue weighted by molar-refractivity contribution is 5.64. The van der Waals surface area contributed by atoms with Crippen LogP contribution in [-0.2, 0) is 0 Å². The van der Waals surface area contributed by atoms with Crippen LogP contribution in [-0.4, -0.2) is 35.1 Å². The second-order valence-electron chi connectivity index (χ2n) is 7.20. The number of pyridine rings is 1. The molecule has 1 aliphatic heterocycles. The van der Waals surface area contributed by atoms with Crippen LogP contribution < -0.4 is 15.8 Å². The number of nitrogens with one attached hydrogen (secondary N) is 1. The highest BCUT2D eigenvalue weighted by atomic mass is 16.1. The Morgan fingerprint density at radius 3 is 2.73 bits per heavy atom. The molecule has 0 radical (unpaired) electrons. The second-order valence-corrected chi connectivity index (χ2v) is 7.20. The molecule has 1 aromatic carbocycles. The minimum absolute atomic E-state index is 0.0479. The van der Waals surface area contributed by atoms with Gasteiger partial charge >= 0.3 is 0 Å². The van der Waals surface area contributed by atoms with Crippen LogP contribution in [0.2, 0.25) is 0 Å². The fraction of sp³-hybridized carbons (Fsp3) is 0.333. The highest BCUT2D eigenvalue weighted by Gasteiger charge is 2.16. The van der Waals surface area contributed by atoms with E-state index < -0.39 is 0 Å². The molecule has 1 aliphatic rings. The van der Waals surface area contributed by atoms with Crippen molar-refractivity contribution in [3.8, 4) is 11.3 Å². The van der Waals surface area contributed by atoms with E-state index in [0.717, 1.165) is 36.6 Å². The first-order chi connectivity index (χ1) is 12.5. The molecular weight excluding hydrogens is 324 g/mol. The Morgan fingerprint density at radius 1 is 1.12 bits per heavy atom. The van der Waals surface area contributed by atoms with E-state index in [9.17, 15) is 4.79 Å². The molecule has 0 unspecified atom stereocenters. The van der Waals surface area contributed by atoms with E-state index in [4.69, 9.17) is 4.98 Å². The van der Waals surface area contributed by atoms with E-state index in [-0.39, 0.29) is 5.56 Å². The lowest BCUT2D eigenvalue weighted by Crippen LogP contribution is -2.49. The lowest BCUT2D eigenvalue weighted by atomic mass is 10.0. The van der Waals surface area contributed by atoms with Gasteiger partial charge in [-0.05, 0) is 50.1 Å². The van der Waals surface area contributed by atoms with Gasteiger partial charge in [0.15, 0.2) is 0 Å². The molecule has 0 aliphatic carbocycles. The number of nitrogens with zero attached hydrogens (tertiary/aromatic N) is 3. The van der Waals surface area contributed by atoms with E-state index in [1.54, 1.807) is 10.5 Å². The van der Waals surface area contributed by atoms with Gasteiger partial charge in [0, 0.05) is 43.5 Å². The summed E-state index contributed by atoms with van der Waals surface area (Å²) >= 11 is 0. The summed E-state index contributed by atoms with van der Waals surface area (Å²) in [4.78, 5) is 19.7. The Bertz CT molecular complexity index is 1020. The van der Waals surface area contributed by atoms with Crippen LogP contribution in [0.1, 0.15) is 18.1 Å². The van der Waals surface area contributed by atoms with Crippen molar-refractivity contribution in [2.45, 2.75) is 26.8 Å². The quantitative estimate of drug-likeness (QED) is 0.774. The number of rotatable bonds is 2. The predicted molar refractivity (Wildman–Crippen MR) is 106 cm³/mol. The van der Waals surface area contributed by atoms with Crippen molar-refractivity contribution in [2.75, 3.05) is 24.5 Å². The Labute approximate surface area is 153 Å². The molecule has 3 aromatic rings. The molecule has 3 heterocycles. The fourth-order valence-corrected chi connectivity index (χ4v) is 3.49. The smallest absolute Gasteiger partial charge is 0.258 e. The Kier molecular flexibility index (Phi) is 4.24. The number of benzene rings is 1. The average Bonchev–Trinajstić information content (AvgIpc) is 2.63. The van der Waals surface area contributed by atoms with Gasteiger partial charge in [-0.25, -0.2) is 4.98 Å². The zero-order valence-electron chi connectivity index (χ0n) is 15.5. The van der Waals surface area contributed by atoms with Gasteiger partial charge in [0.25, 0.3) is 5.56 Å². The standard InChI is InChI=1S/C21H24N4O/c1-14-4-5-17(10-15(14)2)19-11-21(26)25-13-18(6-7-20(25)23-19)24-9-8-22-16(3)12-24/h4-7,10-11,13,16,22H,8-9,12H2,1-3H3/t16-/m0/s1. The van der Waals surface area contributed by atoms with E-state index in [2.05, 4.69) is 49.2 Å². The second kappa shape index (κ2) is 6.57. The minimum Gasteiger partial charge on any atom is -0.368 e. The van der Waals surface area contributed by atoms with Crippen molar-refractivity contribution in [1.29, 1.82) is 0 Å². The maximum atomic E-state index is 12.7. The summed E-state index contributed by atoms with van der Waals surface area (Å²) in [6.07, 6.45) is 1.91. The molecular formula is C21H24N4O. The number of hydrogen-bond donors (Lipinski definition) is 1. The summed E-state index contributed by atoms with van der Waals surface area (Å²) in [5, 5.41) is 3.44. The molecule has 4 rings (SSSR count). The van der Waals surface area contributed by atoms with Crippen LogP contribution in [0.15, 0.2) is 47.4 Å². The van der Waals surface area contributed by atoms with Crippen LogP contribution in [0.3, 0.4) is 0 Å². The molecule has 1 fully saturated rings. The molecule has 5 heteroatoms. The third-order valence-electron chi connectivity index (χ3n) is 5.18. The molecule has 0 bridgehead atoms. The van der Waals surface area contributed by atoms with Crippen LogP contribution >= 0.6 is 0 Å². The number of aryl methyl sites for hydroxylation is 2. The van der Waals surface area contributed by atoms with Gasteiger partial charge < -0.3 is 10.2 Å². The lowest BCUT2D eigenvalue weighted by Gasteiger charge is -2.33. The number of piperazine rings is 1. The number of aromatic nitrogens is 2. The zero-order chi connectivity index (χ0) is 18.3. The average molecular weight is 348 g/mol. The van der Waals surface area contributed by atoms with E-state index in [1.165, 1.54) is 11.1 Å². The number of anilines is 1. The summed E-state index contributed by atoms with van der Waals surface area (Å²) in [7, 11) is 0. The largest absolute Gasteiger partial charge is 0.368 e. The maximum absolute atomic E-state index is 12.7. The Balaban J connectivity index is 1.75. The van der Waals surface area contributed by atoms with Gasteiger partial charge in [-0.2, -0.15) is 0 Å². The first-order valence-corrected chi connectivity index (χ1v) is 9.11. The van der Waals surface area contributed by atoms with Gasteiger partial charge in [0.2, 0.25) is 0 Å².